The highest BCUT2D eigenvalue weighted by Gasteiger charge is 2.17. The fourth-order valence-electron chi connectivity index (χ4n) is 3.77. The van der Waals surface area contributed by atoms with Gasteiger partial charge in [-0.2, -0.15) is 0 Å². The molecule has 1 amide bonds. The summed E-state index contributed by atoms with van der Waals surface area (Å²) in [5, 5.41) is 3.97. The van der Waals surface area contributed by atoms with Crippen molar-refractivity contribution in [2.24, 2.45) is 5.92 Å². The van der Waals surface area contributed by atoms with Gasteiger partial charge in [0.25, 0.3) is 5.91 Å². The summed E-state index contributed by atoms with van der Waals surface area (Å²) < 4.78 is 2.09. The van der Waals surface area contributed by atoms with Gasteiger partial charge in [0.2, 0.25) is 0 Å². The Labute approximate surface area is 139 Å². The highest BCUT2D eigenvalue weighted by Crippen LogP contribution is 2.26. The molecule has 1 aromatic carbocycles. The summed E-state index contributed by atoms with van der Waals surface area (Å²) in [4.78, 5) is 12.6. The molecule has 2 radical (unpaired) electrons. The summed E-state index contributed by atoms with van der Waals surface area (Å²) in [6.45, 7) is 3.66. The van der Waals surface area contributed by atoms with Gasteiger partial charge in [-0.3, -0.25) is 4.79 Å². The van der Waals surface area contributed by atoms with E-state index in [1.54, 1.807) is 0 Å². The molecule has 3 nitrogen and oxygen atoms in total. The number of nitrogens with one attached hydrogen (secondary N) is 1. The minimum atomic E-state index is -0.00379. The number of hydrogen-bond donors (Lipinski definition) is 1. The Morgan fingerprint density at radius 2 is 2.09 bits per heavy atom. The van der Waals surface area contributed by atoms with E-state index in [-0.39, 0.29) is 5.91 Å². The van der Waals surface area contributed by atoms with E-state index in [0.717, 1.165) is 36.3 Å². The molecule has 1 aromatic heterocycles. The number of carbonyl (C=O) groups excluding carboxylic acids is 1. The summed E-state index contributed by atoms with van der Waals surface area (Å²) in [5.41, 5.74) is 2.40. The van der Waals surface area contributed by atoms with E-state index < -0.39 is 0 Å². The Hall–Kier alpha value is -1.71. The molecule has 1 N–H and O–H groups in total. The lowest BCUT2D eigenvalue weighted by Gasteiger charge is -2.21. The first-order valence-corrected chi connectivity index (χ1v) is 8.86. The van der Waals surface area contributed by atoms with Crippen molar-refractivity contribution >= 4 is 30.1 Å². The first-order chi connectivity index (χ1) is 11.2. The van der Waals surface area contributed by atoms with Crippen molar-refractivity contribution < 1.29 is 4.79 Å². The average molecular weight is 308 g/mol. The van der Waals surface area contributed by atoms with Crippen molar-refractivity contribution in [3.63, 3.8) is 0 Å². The standard InChI is InChI=1S/C19H25BN2O/c1-2-22-13-15(18-16(20)9-6-10-17(18)22)19(23)21-12-11-14-7-4-3-5-8-14/h6,9-10,13-14H,2-5,7-8,11-12H2,1H3,(H,21,23). The molecule has 1 aliphatic carbocycles. The van der Waals surface area contributed by atoms with Crippen LogP contribution in [0.4, 0.5) is 0 Å². The predicted molar refractivity (Wildman–Crippen MR) is 96.5 cm³/mol. The maximum atomic E-state index is 12.6. The molecule has 0 bridgehead atoms. The van der Waals surface area contributed by atoms with E-state index in [1.807, 2.05) is 24.4 Å². The maximum Gasteiger partial charge on any atom is 0.253 e. The van der Waals surface area contributed by atoms with Crippen LogP contribution in [0.25, 0.3) is 10.9 Å². The number of amides is 1. The summed E-state index contributed by atoms with van der Waals surface area (Å²) >= 11 is 0. The van der Waals surface area contributed by atoms with Crippen molar-refractivity contribution in [3.8, 4) is 0 Å². The van der Waals surface area contributed by atoms with Gasteiger partial charge in [0.05, 0.1) is 5.56 Å². The molecule has 1 fully saturated rings. The molecule has 1 aliphatic rings. The number of fused-ring (bicyclic) bond motifs is 1. The van der Waals surface area contributed by atoms with Gasteiger partial charge in [0.1, 0.15) is 7.85 Å². The second-order valence-corrected chi connectivity index (χ2v) is 6.62. The maximum absolute atomic E-state index is 12.6. The molecule has 2 aromatic rings. The number of hydrogen-bond acceptors (Lipinski definition) is 1. The quantitative estimate of drug-likeness (QED) is 0.846. The number of aryl methyl sites for hydroxylation is 1. The second kappa shape index (κ2) is 7.24. The molecule has 1 heterocycles. The van der Waals surface area contributed by atoms with Crippen molar-refractivity contribution in [2.45, 2.75) is 52.0 Å². The second-order valence-electron chi connectivity index (χ2n) is 6.62. The lowest BCUT2D eigenvalue weighted by atomic mass is 9.87. The van der Waals surface area contributed by atoms with Crippen LogP contribution in [0, 0.1) is 5.92 Å². The van der Waals surface area contributed by atoms with Crippen molar-refractivity contribution in [1.82, 2.24) is 9.88 Å². The van der Waals surface area contributed by atoms with Crippen LogP contribution in [-0.2, 0) is 6.54 Å². The monoisotopic (exact) mass is 308 g/mol. The average Bonchev–Trinajstić information content (AvgIpc) is 2.96. The van der Waals surface area contributed by atoms with E-state index in [9.17, 15) is 4.79 Å². The van der Waals surface area contributed by atoms with Crippen LogP contribution in [0.2, 0.25) is 0 Å². The zero-order chi connectivity index (χ0) is 16.2. The minimum Gasteiger partial charge on any atom is -0.352 e. The molecular formula is C19H25BN2O. The SMILES string of the molecule is [B]c1cccc2c1c(C(=O)NCCC1CCCCC1)cn2CC. The van der Waals surface area contributed by atoms with Gasteiger partial charge in [-0.1, -0.05) is 49.7 Å². The summed E-state index contributed by atoms with van der Waals surface area (Å²) in [5.74, 6) is 0.780. The third kappa shape index (κ3) is 3.46. The van der Waals surface area contributed by atoms with Crippen LogP contribution in [0.5, 0.6) is 0 Å². The van der Waals surface area contributed by atoms with Crippen LogP contribution in [0.15, 0.2) is 24.4 Å². The molecule has 0 unspecified atom stereocenters. The molecular weight excluding hydrogens is 283 g/mol. The zero-order valence-electron chi connectivity index (χ0n) is 14.0. The topological polar surface area (TPSA) is 34.0 Å². The molecule has 120 valence electrons. The van der Waals surface area contributed by atoms with Gasteiger partial charge in [0.15, 0.2) is 0 Å². The Balaban J connectivity index is 1.70. The lowest BCUT2D eigenvalue weighted by molar-refractivity contribution is 0.0952. The fourth-order valence-corrected chi connectivity index (χ4v) is 3.77. The van der Waals surface area contributed by atoms with Crippen LogP contribution < -0.4 is 10.8 Å². The lowest BCUT2D eigenvalue weighted by Crippen LogP contribution is -2.27. The van der Waals surface area contributed by atoms with Crippen LogP contribution in [0.3, 0.4) is 0 Å². The Bertz CT molecular complexity index is 686. The predicted octanol–water partition coefficient (Wildman–Crippen LogP) is 3.16. The Morgan fingerprint density at radius 3 is 2.83 bits per heavy atom. The zero-order valence-corrected chi connectivity index (χ0v) is 14.0. The molecule has 0 aliphatic heterocycles. The van der Waals surface area contributed by atoms with E-state index in [2.05, 4.69) is 16.8 Å². The van der Waals surface area contributed by atoms with Gasteiger partial charge in [-0.15, -0.1) is 0 Å². The Kier molecular flexibility index (Phi) is 5.09. The van der Waals surface area contributed by atoms with E-state index in [0.29, 0.717) is 11.0 Å². The molecule has 4 heteroatoms. The summed E-state index contributed by atoms with van der Waals surface area (Å²) in [7, 11) is 6.12. The fraction of sp³-hybridized carbons (Fsp3) is 0.526. The Morgan fingerprint density at radius 1 is 1.30 bits per heavy atom. The molecule has 0 atom stereocenters. The van der Waals surface area contributed by atoms with E-state index in [1.165, 1.54) is 32.1 Å². The van der Waals surface area contributed by atoms with Gasteiger partial charge < -0.3 is 9.88 Å². The first-order valence-electron chi connectivity index (χ1n) is 8.86. The van der Waals surface area contributed by atoms with Crippen LogP contribution >= 0.6 is 0 Å². The van der Waals surface area contributed by atoms with E-state index in [4.69, 9.17) is 7.85 Å². The minimum absolute atomic E-state index is 0.00379. The van der Waals surface area contributed by atoms with Crippen molar-refractivity contribution in [2.75, 3.05) is 6.54 Å². The molecule has 3 rings (SSSR count). The highest BCUT2D eigenvalue weighted by atomic mass is 16.1. The highest BCUT2D eigenvalue weighted by molar-refractivity contribution is 6.40. The number of nitrogens with zero attached hydrogens (tertiary/aromatic N) is 1. The molecule has 0 spiro atoms. The van der Waals surface area contributed by atoms with Crippen LogP contribution in [-0.4, -0.2) is 24.9 Å². The summed E-state index contributed by atoms with van der Waals surface area (Å²) in [6, 6.07) is 5.82. The smallest absolute Gasteiger partial charge is 0.253 e. The summed E-state index contributed by atoms with van der Waals surface area (Å²) in [6.07, 6.45) is 9.72. The number of benzene rings is 1. The van der Waals surface area contributed by atoms with Crippen molar-refractivity contribution in [3.05, 3.63) is 30.0 Å². The third-order valence-corrected chi connectivity index (χ3v) is 5.09. The van der Waals surface area contributed by atoms with Gasteiger partial charge in [-0.25, -0.2) is 0 Å². The van der Waals surface area contributed by atoms with Gasteiger partial charge in [-0.05, 0) is 25.3 Å². The van der Waals surface area contributed by atoms with Gasteiger partial charge >= 0.3 is 0 Å². The van der Waals surface area contributed by atoms with Crippen molar-refractivity contribution in [1.29, 1.82) is 0 Å². The molecule has 23 heavy (non-hydrogen) atoms. The molecule has 0 saturated heterocycles. The number of aromatic nitrogens is 1. The van der Waals surface area contributed by atoms with Gasteiger partial charge in [0, 0.05) is 30.2 Å². The normalized spacial score (nSPS) is 15.9. The first kappa shape index (κ1) is 16.2. The number of rotatable bonds is 5. The third-order valence-electron chi connectivity index (χ3n) is 5.09. The number of carbonyl (C=O) groups is 1. The largest absolute Gasteiger partial charge is 0.352 e. The van der Waals surface area contributed by atoms with E-state index >= 15 is 0 Å². The van der Waals surface area contributed by atoms with Crippen LogP contribution in [0.1, 0.15) is 55.8 Å². The molecule has 1 saturated carbocycles.